The number of carbonyl (C=O) groups excluding carboxylic acids is 2. The third-order valence-electron chi connectivity index (χ3n) is 3.76. The number of imide groups is 1. The molecule has 8 heteroatoms. The molecule has 0 saturated carbocycles. The molecular weight excluding hydrogens is 364 g/mol. The Hall–Kier alpha value is -2.38. The summed E-state index contributed by atoms with van der Waals surface area (Å²) in [6, 6.07) is 12.0. The minimum absolute atomic E-state index is 0.0214. The number of piperidine rings is 1. The zero-order chi connectivity index (χ0) is 18.0. The number of nitrogens with zero attached hydrogens (tertiary/aromatic N) is 1. The van der Waals surface area contributed by atoms with Gasteiger partial charge in [-0.3, -0.25) is 19.2 Å². The molecule has 25 heavy (non-hydrogen) atoms. The van der Waals surface area contributed by atoms with Crippen LogP contribution in [0.4, 0.5) is 11.4 Å². The van der Waals surface area contributed by atoms with E-state index in [0.717, 1.165) is 4.90 Å². The van der Waals surface area contributed by atoms with Crippen LogP contribution in [-0.2, 0) is 19.6 Å². The van der Waals surface area contributed by atoms with Crippen LogP contribution in [0.2, 0.25) is 5.02 Å². The average molecular weight is 379 g/mol. The van der Waals surface area contributed by atoms with Crippen LogP contribution in [0.5, 0.6) is 0 Å². The van der Waals surface area contributed by atoms with Crippen LogP contribution in [0.15, 0.2) is 53.4 Å². The molecular formula is C17H15ClN2O4S. The molecule has 0 unspecified atom stereocenters. The van der Waals surface area contributed by atoms with Gasteiger partial charge in [0.2, 0.25) is 11.8 Å². The Morgan fingerprint density at radius 3 is 2.20 bits per heavy atom. The van der Waals surface area contributed by atoms with Crippen LogP contribution in [0.3, 0.4) is 0 Å². The standard InChI is InChI=1S/C17H15ClN2O4S/c18-12-3-1-4-13(11-12)19-25(23,24)15-9-7-14(8-10-15)20-16(21)5-2-6-17(20)22/h1,3-4,7-11,19H,2,5-6H2. The molecule has 3 rings (SSSR count). The molecule has 0 radical (unpaired) electrons. The average Bonchev–Trinajstić information content (AvgIpc) is 2.55. The maximum absolute atomic E-state index is 12.4. The fourth-order valence-corrected chi connectivity index (χ4v) is 3.82. The summed E-state index contributed by atoms with van der Waals surface area (Å²) in [5.41, 5.74) is 0.717. The van der Waals surface area contributed by atoms with Crippen molar-refractivity contribution in [1.82, 2.24) is 0 Å². The molecule has 0 aromatic heterocycles. The normalized spacial score (nSPS) is 15.3. The van der Waals surface area contributed by atoms with Gasteiger partial charge in [0, 0.05) is 17.9 Å². The van der Waals surface area contributed by atoms with E-state index in [9.17, 15) is 18.0 Å². The molecule has 130 valence electrons. The van der Waals surface area contributed by atoms with E-state index in [1.807, 2.05) is 0 Å². The molecule has 2 aromatic carbocycles. The molecule has 2 amide bonds. The second kappa shape index (κ2) is 6.85. The van der Waals surface area contributed by atoms with Gasteiger partial charge >= 0.3 is 0 Å². The highest BCUT2D eigenvalue weighted by Crippen LogP contribution is 2.25. The van der Waals surface area contributed by atoms with Gasteiger partial charge in [-0.1, -0.05) is 17.7 Å². The first kappa shape index (κ1) is 17.4. The fraction of sp³-hybridized carbons (Fsp3) is 0.176. The van der Waals surface area contributed by atoms with Crippen molar-refractivity contribution in [3.8, 4) is 0 Å². The predicted octanol–water partition coefficient (Wildman–Crippen LogP) is 3.18. The van der Waals surface area contributed by atoms with Gasteiger partial charge in [-0.2, -0.15) is 0 Å². The van der Waals surface area contributed by atoms with Gasteiger partial charge in [0.1, 0.15) is 0 Å². The van der Waals surface area contributed by atoms with E-state index in [2.05, 4.69) is 4.72 Å². The Morgan fingerprint density at radius 1 is 0.960 bits per heavy atom. The summed E-state index contributed by atoms with van der Waals surface area (Å²) < 4.78 is 27.3. The Bertz CT molecular complexity index is 910. The number of anilines is 2. The second-order valence-corrected chi connectivity index (χ2v) is 7.71. The number of hydrogen-bond acceptors (Lipinski definition) is 4. The highest BCUT2D eigenvalue weighted by Gasteiger charge is 2.27. The number of sulfonamides is 1. The largest absolute Gasteiger partial charge is 0.280 e. The molecule has 6 nitrogen and oxygen atoms in total. The van der Waals surface area contributed by atoms with Gasteiger partial charge < -0.3 is 0 Å². The third-order valence-corrected chi connectivity index (χ3v) is 5.39. The van der Waals surface area contributed by atoms with Gasteiger partial charge in [-0.15, -0.1) is 0 Å². The molecule has 0 atom stereocenters. The summed E-state index contributed by atoms with van der Waals surface area (Å²) in [5.74, 6) is -0.548. The second-order valence-electron chi connectivity index (χ2n) is 5.59. The lowest BCUT2D eigenvalue weighted by Gasteiger charge is -2.24. The minimum atomic E-state index is -3.80. The highest BCUT2D eigenvalue weighted by atomic mass is 35.5. The summed E-state index contributed by atoms with van der Waals surface area (Å²) in [6.07, 6.45) is 1.16. The van der Waals surface area contributed by atoms with Crippen molar-refractivity contribution in [3.05, 3.63) is 53.6 Å². The van der Waals surface area contributed by atoms with Crippen LogP contribution in [-0.4, -0.2) is 20.2 Å². The first-order valence-corrected chi connectivity index (χ1v) is 9.47. The van der Waals surface area contributed by atoms with E-state index in [1.54, 1.807) is 18.2 Å². The topological polar surface area (TPSA) is 83.6 Å². The van der Waals surface area contributed by atoms with Gasteiger partial charge in [-0.05, 0) is 48.9 Å². The molecule has 1 N–H and O–H groups in total. The van der Waals surface area contributed by atoms with Crippen molar-refractivity contribution in [2.45, 2.75) is 24.2 Å². The molecule has 0 spiro atoms. The number of amides is 2. The third kappa shape index (κ3) is 3.83. The number of rotatable bonds is 4. The summed E-state index contributed by atoms with van der Waals surface area (Å²) in [7, 11) is -3.80. The van der Waals surface area contributed by atoms with Crippen LogP contribution in [0.1, 0.15) is 19.3 Å². The molecule has 1 aliphatic heterocycles. The number of hydrogen-bond donors (Lipinski definition) is 1. The van der Waals surface area contributed by atoms with Crippen molar-refractivity contribution in [3.63, 3.8) is 0 Å². The van der Waals surface area contributed by atoms with Crippen molar-refractivity contribution in [2.75, 3.05) is 9.62 Å². The monoisotopic (exact) mass is 378 g/mol. The Balaban J connectivity index is 1.84. The highest BCUT2D eigenvalue weighted by molar-refractivity contribution is 7.92. The van der Waals surface area contributed by atoms with Gasteiger partial charge in [0.15, 0.2) is 0 Å². The minimum Gasteiger partial charge on any atom is -0.280 e. The van der Waals surface area contributed by atoms with Crippen LogP contribution >= 0.6 is 11.6 Å². The van der Waals surface area contributed by atoms with Crippen LogP contribution in [0, 0.1) is 0 Å². The first-order chi connectivity index (χ1) is 11.9. The molecule has 1 saturated heterocycles. The predicted molar refractivity (Wildman–Crippen MR) is 95.0 cm³/mol. The number of nitrogens with one attached hydrogen (secondary N) is 1. The van der Waals surface area contributed by atoms with Gasteiger partial charge in [0.05, 0.1) is 16.3 Å². The summed E-state index contributed by atoms with van der Waals surface area (Å²) in [5, 5.41) is 0.415. The molecule has 0 bridgehead atoms. The Morgan fingerprint density at radius 2 is 1.60 bits per heavy atom. The zero-order valence-electron chi connectivity index (χ0n) is 13.1. The van der Waals surface area contributed by atoms with E-state index >= 15 is 0 Å². The molecule has 2 aromatic rings. The number of benzene rings is 2. The smallest absolute Gasteiger partial charge is 0.261 e. The lowest BCUT2D eigenvalue weighted by Crippen LogP contribution is -2.40. The van der Waals surface area contributed by atoms with Crippen molar-refractivity contribution in [2.24, 2.45) is 0 Å². The zero-order valence-corrected chi connectivity index (χ0v) is 14.7. The van der Waals surface area contributed by atoms with E-state index in [4.69, 9.17) is 11.6 Å². The maximum atomic E-state index is 12.4. The van der Waals surface area contributed by atoms with Crippen LogP contribution in [0.25, 0.3) is 0 Å². The Labute approximate surface area is 150 Å². The van der Waals surface area contributed by atoms with E-state index < -0.39 is 10.0 Å². The summed E-state index contributed by atoms with van der Waals surface area (Å²) in [4.78, 5) is 25.0. The quantitative estimate of drug-likeness (QED) is 0.828. The first-order valence-electron chi connectivity index (χ1n) is 7.61. The maximum Gasteiger partial charge on any atom is 0.261 e. The summed E-state index contributed by atoms with van der Waals surface area (Å²) in [6.45, 7) is 0. The van der Waals surface area contributed by atoms with E-state index in [0.29, 0.717) is 35.7 Å². The van der Waals surface area contributed by atoms with Gasteiger partial charge in [0.25, 0.3) is 10.0 Å². The van der Waals surface area contributed by atoms with E-state index in [-0.39, 0.29) is 16.7 Å². The molecule has 1 aliphatic rings. The van der Waals surface area contributed by atoms with Crippen LogP contribution < -0.4 is 9.62 Å². The van der Waals surface area contributed by atoms with E-state index in [1.165, 1.54) is 30.3 Å². The number of carbonyl (C=O) groups is 2. The van der Waals surface area contributed by atoms with Crippen molar-refractivity contribution < 1.29 is 18.0 Å². The summed E-state index contributed by atoms with van der Waals surface area (Å²) >= 11 is 5.85. The van der Waals surface area contributed by atoms with Crippen molar-refractivity contribution in [1.29, 1.82) is 0 Å². The lowest BCUT2D eigenvalue weighted by atomic mass is 10.1. The molecule has 1 heterocycles. The molecule has 0 aliphatic carbocycles. The SMILES string of the molecule is O=C1CCCC(=O)N1c1ccc(S(=O)(=O)Nc2cccc(Cl)c2)cc1. The van der Waals surface area contributed by atoms with Crippen molar-refractivity contribution >= 4 is 44.8 Å². The fourth-order valence-electron chi connectivity index (χ4n) is 2.58. The number of halogens is 1. The Kier molecular flexibility index (Phi) is 4.78. The molecule has 1 fully saturated rings. The van der Waals surface area contributed by atoms with Gasteiger partial charge in [-0.25, -0.2) is 8.42 Å². The lowest BCUT2D eigenvalue weighted by molar-refractivity contribution is -0.129.